The van der Waals surface area contributed by atoms with Crippen LogP contribution in [0.3, 0.4) is 0 Å². The normalized spacial score (nSPS) is 13.8. The molecule has 1 unspecified atom stereocenters. The second kappa shape index (κ2) is 17.2. The molecule has 6 aromatic carbocycles. The predicted molar refractivity (Wildman–Crippen MR) is 270 cm³/mol. The highest BCUT2D eigenvalue weighted by atomic mass is 15.0. The first kappa shape index (κ1) is 40.4. The minimum Gasteiger partial charge on any atom is -0.314 e. The lowest BCUT2D eigenvalue weighted by Gasteiger charge is -2.18. The fraction of sp³-hybridized carbons (Fsp3) is 0.0508. The number of benzene rings is 6. The van der Waals surface area contributed by atoms with Crippen molar-refractivity contribution < 1.29 is 0 Å². The van der Waals surface area contributed by atoms with E-state index in [0.29, 0.717) is 29.0 Å². The van der Waals surface area contributed by atoms with Gasteiger partial charge in [-0.1, -0.05) is 160 Å². The largest absolute Gasteiger partial charge is 0.314 e. The molecule has 10 rings (SSSR count). The summed E-state index contributed by atoms with van der Waals surface area (Å²) in [4.78, 5) is 14.8. The van der Waals surface area contributed by atoms with Gasteiger partial charge in [-0.15, -0.1) is 0 Å². The minimum atomic E-state index is 0.472. The SMILES string of the molecule is C=C(/C=C\C(=C)n1c2ccccc2c2ccc(-c3cc(-c4nc(-c5ccccc5)nc(-c5ccccc5)n4)ccc3C#N)cc21)C(=C)/C=C\c1cc2ccccc2n1C1=CC=CC(C)C1. The fourth-order valence-electron chi connectivity index (χ4n) is 8.68. The highest BCUT2D eigenvalue weighted by Crippen LogP contribution is 2.37. The molecule has 3 aromatic heterocycles. The van der Waals surface area contributed by atoms with E-state index in [1.807, 2.05) is 103 Å². The van der Waals surface area contributed by atoms with Crippen LogP contribution in [0.4, 0.5) is 0 Å². The summed E-state index contributed by atoms with van der Waals surface area (Å²) < 4.78 is 4.52. The Morgan fingerprint density at radius 3 is 1.94 bits per heavy atom. The summed E-state index contributed by atoms with van der Waals surface area (Å²) in [6.45, 7) is 15.6. The van der Waals surface area contributed by atoms with E-state index < -0.39 is 0 Å². The molecular formula is C59H44N6. The molecule has 1 atom stereocenters. The molecule has 1 aliphatic rings. The lowest BCUT2D eigenvalue weighted by molar-refractivity contribution is 0.726. The number of rotatable bonds is 11. The van der Waals surface area contributed by atoms with E-state index in [9.17, 15) is 5.26 Å². The number of allylic oxidation sites excluding steroid dienone is 10. The molecule has 0 bridgehead atoms. The van der Waals surface area contributed by atoms with Gasteiger partial charge in [-0.25, -0.2) is 15.0 Å². The van der Waals surface area contributed by atoms with E-state index in [1.165, 1.54) is 16.6 Å². The van der Waals surface area contributed by atoms with Gasteiger partial charge in [-0.05, 0) is 89.7 Å². The van der Waals surface area contributed by atoms with Gasteiger partial charge in [-0.3, -0.25) is 0 Å². The Bertz CT molecular complexity index is 3470. The van der Waals surface area contributed by atoms with Gasteiger partial charge in [0.1, 0.15) is 0 Å². The molecule has 0 radical (unpaired) electrons. The second-order valence-corrected chi connectivity index (χ2v) is 16.4. The van der Waals surface area contributed by atoms with Crippen molar-refractivity contribution >= 4 is 50.2 Å². The summed E-state index contributed by atoms with van der Waals surface area (Å²) in [6, 6.07) is 53.4. The van der Waals surface area contributed by atoms with Crippen molar-refractivity contribution in [2.75, 3.05) is 0 Å². The van der Waals surface area contributed by atoms with Crippen LogP contribution in [0.15, 0.2) is 219 Å². The lowest BCUT2D eigenvalue weighted by Crippen LogP contribution is -2.05. The first-order chi connectivity index (χ1) is 31.8. The van der Waals surface area contributed by atoms with Crippen LogP contribution in [0.2, 0.25) is 0 Å². The maximum absolute atomic E-state index is 10.4. The Labute approximate surface area is 378 Å². The average Bonchev–Trinajstić information content (AvgIpc) is 3.90. The number of hydrogen-bond acceptors (Lipinski definition) is 4. The zero-order valence-corrected chi connectivity index (χ0v) is 36.1. The number of nitriles is 1. The molecule has 3 heterocycles. The average molecular weight is 837 g/mol. The standard InChI is InChI=1S/C59H44N6/c1-39-16-15-22-49(34-39)65-50(35-46-21-11-13-24-54(46)65)32-27-41(3)40(2)26-28-42(4)64-55-25-14-12-23-51(55)52-33-31-45(37-56(52)64)53-36-47(29-30-48(53)38-60)59-62-57(43-17-7-5-8-18-43)61-58(63-59)44-19-9-6-10-20-44/h5-33,35-37,39H,2-4,34H2,1H3/b28-26-,32-27-. The Morgan fingerprint density at radius 1 is 0.615 bits per heavy atom. The molecule has 6 nitrogen and oxygen atoms in total. The van der Waals surface area contributed by atoms with Crippen molar-refractivity contribution in [2.45, 2.75) is 13.3 Å². The van der Waals surface area contributed by atoms with Gasteiger partial charge in [0, 0.05) is 55.5 Å². The molecule has 0 saturated carbocycles. The minimum absolute atomic E-state index is 0.472. The third kappa shape index (κ3) is 7.88. The number of para-hydroxylation sites is 2. The van der Waals surface area contributed by atoms with Crippen LogP contribution in [0, 0.1) is 17.2 Å². The highest BCUT2D eigenvalue weighted by molar-refractivity contribution is 6.11. The van der Waals surface area contributed by atoms with Gasteiger partial charge < -0.3 is 9.13 Å². The van der Waals surface area contributed by atoms with Crippen LogP contribution in [-0.4, -0.2) is 24.1 Å². The van der Waals surface area contributed by atoms with Crippen LogP contribution in [0.1, 0.15) is 24.6 Å². The van der Waals surface area contributed by atoms with Gasteiger partial charge in [0.05, 0.1) is 28.2 Å². The molecule has 310 valence electrons. The van der Waals surface area contributed by atoms with Crippen molar-refractivity contribution in [1.82, 2.24) is 24.1 Å². The van der Waals surface area contributed by atoms with Crippen LogP contribution >= 0.6 is 0 Å². The maximum Gasteiger partial charge on any atom is 0.164 e. The summed E-state index contributed by atoms with van der Waals surface area (Å²) in [5.41, 5.74) is 12.6. The van der Waals surface area contributed by atoms with Gasteiger partial charge in [0.25, 0.3) is 0 Å². The second-order valence-electron chi connectivity index (χ2n) is 16.4. The first-order valence-corrected chi connectivity index (χ1v) is 21.7. The first-order valence-electron chi connectivity index (χ1n) is 21.7. The molecule has 0 fully saturated rings. The number of fused-ring (bicyclic) bond motifs is 4. The molecule has 1 aliphatic carbocycles. The van der Waals surface area contributed by atoms with Gasteiger partial charge >= 0.3 is 0 Å². The van der Waals surface area contributed by atoms with Crippen molar-refractivity contribution in [3.8, 4) is 51.4 Å². The van der Waals surface area contributed by atoms with Crippen molar-refractivity contribution in [2.24, 2.45) is 5.92 Å². The summed E-state index contributed by atoms with van der Waals surface area (Å²) >= 11 is 0. The van der Waals surface area contributed by atoms with Crippen LogP contribution in [-0.2, 0) is 0 Å². The molecule has 0 aliphatic heterocycles. The monoisotopic (exact) mass is 836 g/mol. The fourth-order valence-corrected chi connectivity index (χ4v) is 8.68. The lowest BCUT2D eigenvalue weighted by atomic mass is 9.96. The topological polar surface area (TPSA) is 72.3 Å². The number of aromatic nitrogens is 5. The summed E-state index contributed by atoms with van der Waals surface area (Å²) in [5.74, 6) is 2.14. The Balaban J connectivity index is 0.985. The molecule has 9 aromatic rings. The number of nitrogens with zero attached hydrogens (tertiary/aromatic N) is 6. The third-order valence-corrected chi connectivity index (χ3v) is 12.0. The summed E-state index contributed by atoms with van der Waals surface area (Å²) in [6.07, 6.45) is 15.7. The number of hydrogen-bond donors (Lipinski definition) is 0. The molecule has 65 heavy (non-hydrogen) atoms. The Hall–Kier alpha value is -8.66. The molecule has 0 N–H and O–H groups in total. The van der Waals surface area contributed by atoms with E-state index in [-0.39, 0.29) is 0 Å². The van der Waals surface area contributed by atoms with E-state index >= 15 is 0 Å². The van der Waals surface area contributed by atoms with Crippen molar-refractivity contribution in [3.05, 3.63) is 230 Å². The smallest absolute Gasteiger partial charge is 0.164 e. The predicted octanol–water partition coefficient (Wildman–Crippen LogP) is 14.8. The zero-order chi connectivity index (χ0) is 44.4. The molecule has 6 heteroatoms. The van der Waals surface area contributed by atoms with E-state index in [2.05, 4.69) is 133 Å². The summed E-state index contributed by atoms with van der Waals surface area (Å²) in [7, 11) is 0. The quantitative estimate of drug-likeness (QED) is 0.122. The Morgan fingerprint density at radius 2 is 1.23 bits per heavy atom. The van der Waals surface area contributed by atoms with Crippen molar-refractivity contribution in [3.63, 3.8) is 0 Å². The van der Waals surface area contributed by atoms with Gasteiger partial charge in [0.2, 0.25) is 0 Å². The molecule has 0 amide bonds. The van der Waals surface area contributed by atoms with Gasteiger partial charge in [-0.2, -0.15) is 5.26 Å². The highest BCUT2D eigenvalue weighted by Gasteiger charge is 2.18. The summed E-state index contributed by atoms with van der Waals surface area (Å²) in [5, 5.41) is 13.8. The molecule has 0 saturated heterocycles. The Kier molecular flexibility index (Phi) is 10.7. The van der Waals surface area contributed by atoms with Gasteiger partial charge in [0.15, 0.2) is 17.5 Å². The third-order valence-electron chi connectivity index (χ3n) is 12.0. The van der Waals surface area contributed by atoms with Crippen LogP contribution < -0.4 is 0 Å². The zero-order valence-electron chi connectivity index (χ0n) is 36.1. The maximum atomic E-state index is 10.4. The van der Waals surface area contributed by atoms with Crippen LogP contribution in [0.25, 0.3) is 95.5 Å². The van der Waals surface area contributed by atoms with Crippen LogP contribution in [0.5, 0.6) is 0 Å². The molecule has 0 spiro atoms. The van der Waals surface area contributed by atoms with E-state index in [0.717, 1.165) is 78.6 Å². The van der Waals surface area contributed by atoms with E-state index in [4.69, 9.17) is 15.0 Å². The van der Waals surface area contributed by atoms with Crippen molar-refractivity contribution in [1.29, 1.82) is 5.26 Å². The van der Waals surface area contributed by atoms with E-state index in [1.54, 1.807) is 0 Å². The molecular weight excluding hydrogens is 793 g/mol.